The third kappa shape index (κ3) is 6.31. The molecule has 0 unspecified atom stereocenters. The highest BCUT2D eigenvalue weighted by molar-refractivity contribution is 9.10. The Balaban J connectivity index is 1.54. The Morgan fingerprint density at radius 2 is 1.87 bits per heavy atom. The molecule has 2 aromatic rings. The molecule has 0 aliphatic carbocycles. The van der Waals surface area contributed by atoms with Gasteiger partial charge in [0.1, 0.15) is 0 Å². The first-order chi connectivity index (χ1) is 15.2. The van der Waals surface area contributed by atoms with Gasteiger partial charge in [-0.15, -0.1) is 0 Å². The molecule has 4 rings (SSSR count). The van der Waals surface area contributed by atoms with Crippen molar-refractivity contribution < 1.29 is 9.53 Å². The number of hydrogen-bond acceptors (Lipinski definition) is 4. The predicted octanol–water partition coefficient (Wildman–Crippen LogP) is 4.52. The second kappa shape index (κ2) is 11.1. The quantitative estimate of drug-likeness (QED) is 0.693. The van der Waals surface area contributed by atoms with E-state index in [1.54, 1.807) is 0 Å². The summed E-state index contributed by atoms with van der Waals surface area (Å²) in [5.74, 6) is 0.346. The van der Waals surface area contributed by atoms with E-state index < -0.39 is 0 Å². The molecule has 1 saturated heterocycles. The Bertz CT molecular complexity index is 855. The lowest BCUT2D eigenvalue weighted by Gasteiger charge is -2.32. The molecular formula is C25H32BrN3O2. The van der Waals surface area contributed by atoms with Crippen LogP contribution in [0.15, 0.2) is 53.0 Å². The lowest BCUT2D eigenvalue weighted by atomic mass is 9.98. The van der Waals surface area contributed by atoms with Gasteiger partial charge in [-0.05, 0) is 48.6 Å². The number of ether oxygens (including phenoxy) is 1. The second-order valence-electron chi connectivity index (χ2n) is 8.49. The van der Waals surface area contributed by atoms with Crippen molar-refractivity contribution in [3.8, 4) is 0 Å². The average molecular weight is 486 g/mol. The first-order valence-corrected chi connectivity index (χ1v) is 12.1. The smallest absolute Gasteiger partial charge is 0.226 e. The minimum absolute atomic E-state index is 0.0741. The standard InChI is InChI=1S/C25H32BrN3O2/c26-23-7-8-24-22(17-23)19-29(25(30)21-9-15-31-16-10-21)14-13-28(12-4-11-27-24)18-20-5-2-1-3-6-20/h1-3,5-8,17,21,27H,4,9-16,18-19H2. The zero-order valence-corrected chi connectivity index (χ0v) is 19.6. The van der Waals surface area contributed by atoms with Gasteiger partial charge in [-0.2, -0.15) is 0 Å². The van der Waals surface area contributed by atoms with Crippen molar-refractivity contribution in [2.45, 2.75) is 32.4 Å². The molecule has 1 N–H and O–H groups in total. The van der Waals surface area contributed by atoms with Crippen LogP contribution in [-0.2, 0) is 22.6 Å². The van der Waals surface area contributed by atoms with Gasteiger partial charge in [0.2, 0.25) is 5.91 Å². The van der Waals surface area contributed by atoms with Crippen LogP contribution in [0.3, 0.4) is 0 Å². The largest absolute Gasteiger partial charge is 0.385 e. The normalized spacial score (nSPS) is 19.2. The van der Waals surface area contributed by atoms with Crippen LogP contribution in [0.2, 0.25) is 0 Å². The molecule has 1 amide bonds. The highest BCUT2D eigenvalue weighted by Gasteiger charge is 2.27. The van der Waals surface area contributed by atoms with Crippen LogP contribution in [0.25, 0.3) is 0 Å². The zero-order chi connectivity index (χ0) is 21.5. The van der Waals surface area contributed by atoms with E-state index >= 15 is 0 Å². The number of carbonyl (C=O) groups is 1. The van der Waals surface area contributed by atoms with Gasteiger partial charge in [0.05, 0.1) is 0 Å². The summed E-state index contributed by atoms with van der Waals surface area (Å²) in [5, 5.41) is 3.61. The minimum atomic E-state index is 0.0741. The van der Waals surface area contributed by atoms with Gasteiger partial charge in [-0.25, -0.2) is 0 Å². The van der Waals surface area contributed by atoms with Gasteiger partial charge >= 0.3 is 0 Å². The SMILES string of the molecule is O=C(C1CCOCC1)N1CCN(Cc2ccccc2)CCCNc2ccc(Br)cc2C1. The number of nitrogens with zero attached hydrogens (tertiary/aromatic N) is 2. The molecule has 2 heterocycles. The Kier molecular flexibility index (Phi) is 8.00. The molecule has 0 atom stereocenters. The third-order valence-corrected chi connectivity index (χ3v) is 6.71. The molecule has 0 bridgehead atoms. The zero-order valence-electron chi connectivity index (χ0n) is 18.1. The maximum absolute atomic E-state index is 13.5. The monoisotopic (exact) mass is 485 g/mol. The lowest BCUT2D eigenvalue weighted by molar-refractivity contribution is -0.139. The number of fused-ring (bicyclic) bond motifs is 1. The molecule has 0 radical (unpaired) electrons. The molecule has 1 fully saturated rings. The number of hydrogen-bond donors (Lipinski definition) is 1. The number of anilines is 1. The van der Waals surface area contributed by atoms with Crippen LogP contribution in [-0.4, -0.2) is 55.1 Å². The summed E-state index contributed by atoms with van der Waals surface area (Å²) in [6.07, 6.45) is 2.72. The fraction of sp³-hybridized carbons (Fsp3) is 0.480. The number of benzene rings is 2. The number of rotatable bonds is 3. The Hall–Kier alpha value is -1.89. The van der Waals surface area contributed by atoms with Crippen molar-refractivity contribution >= 4 is 27.5 Å². The molecule has 0 spiro atoms. The van der Waals surface area contributed by atoms with E-state index in [0.717, 1.165) is 62.1 Å². The van der Waals surface area contributed by atoms with Gasteiger partial charge in [0.15, 0.2) is 0 Å². The summed E-state index contributed by atoms with van der Waals surface area (Å²) < 4.78 is 6.54. The van der Waals surface area contributed by atoms with Crippen LogP contribution in [0.4, 0.5) is 5.69 Å². The van der Waals surface area contributed by atoms with Crippen molar-refractivity contribution in [3.63, 3.8) is 0 Å². The van der Waals surface area contributed by atoms with Crippen molar-refractivity contribution in [2.24, 2.45) is 5.92 Å². The number of carbonyl (C=O) groups excluding carboxylic acids is 1. The maximum atomic E-state index is 13.5. The summed E-state index contributed by atoms with van der Waals surface area (Å²) in [6.45, 7) is 6.49. The Morgan fingerprint density at radius 3 is 2.68 bits per heavy atom. The molecule has 2 aromatic carbocycles. The van der Waals surface area contributed by atoms with Crippen LogP contribution in [0.1, 0.15) is 30.4 Å². The Labute approximate surface area is 193 Å². The van der Waals surface area contributed by atoms with E-state index in [1.165, 1.54) is 11.1 Å². The fourth-order valence-electron chi connectivity index (χ4n) is 4.44. The van der Waals surface area contributed by atoms with E-state index in [1.807, 2.05) is 0 Å². The van der Waals surface area contributed by atoms with Gasteiger partial charge in [0.25, 0.3) is 0 Å². The highest BCUT2D eigenvalue weighted by Crippen LogP contribution is 2.25. The summed E-state index contributed by atoms with van der Waals surface area (Å²) in [7, 11) is 0. The van der Waals surface area contributed by atoms with Crippen LogP contribution < -0.4 is 5.32 Å². The summed E-state index contributed by atoms with van der Waals surface area (Å²) in [5.41, 5.74) is 3.62. The molecule has 0 aromatic heterocycles. The van der Waals surface area contributed by atoms with Crippen molar-refractivity contribution in [3.05, 3.63) is 64.1 Å². The van der Waals surface area contributed by atoms with Crippen LogP contribution in [0.5, 0.6) is 0 Å². The topological polar surface area (TPSA) is 44.8 Å². The van der Waals surface area contributed by atoms with E-state index in [9.17, 15) is 4.79 Å². The molecular weight excluding hydrogens is 454 g/mol. The molecule has 166 valence electrons. The maximum Gasteiger partial charge on any atom is 0.226 e. The van der Waals surface area contributed by atoms with E-state index in [0.29, 0.717) is 19.8 Å². The minimum Gasteiger partial charge on any atom is -0.385 e. The average Bonchev–Trinajstić information content (AvgIpc) is 2.84. The van der Waals surface area contributed by atoms with E-state index in [2.05, 4.69) is 79.6 Å². The number of amides is 1. The fourth-order valence-corrected chi connectivity index (χ4v) is 4.85. The molecule has 0 saturated carbocycles. The Morgan fingerprint density at radius 1 is 1.06 bits per heavy atom. The summed E-state index contributed by atoms with van der Waals surface area (Å²) in [6, 6.07) is 16.9. The second-order valence-corrected chi connectivity index (χ2v) is 9.41. The first-order valence-electron chi connectivity index (χ1n) is 11.3. The van der Waals surface area contributed by atoms with Crippen molar-refractivity contribution in [1.29, 1.82) is 0 Å². The summed E-state index contributed by atoms with van der Waals surface area (Å²) in [4.78, 5) is 18.0. The van der Waals surface area contributed by atoms with Gasteiger partial charge in [0, 0.05) is 68.6 Å². The molecule has 31 heavy (non-hydrogen) atoms. The molecule has 2 aliphatic heterocycles. The predicted molar refractivity (Wildman–Crippen MR) is 128 cm³/mol. The van der Waals surface area contributed by atoms with Gasteiger partial charge in [-0.3, -0.25) is 9.69 Å². The van der Waals surface area contributed by atoms with E-state index in [4.69, 9.17) is 4.74 Å². The third-order valence-electron chi connectivity index (χ3n) is 6.21. The van der Waals surface area contributed by atoms with Gasteiger partial charge < -0.3 is 15.0 Å². The van der Waals surface area contributed by atoms with Crippen molar-refractivity contribution in [2.75, 3.05) is 44.7 Å². The highest BCUT2D eigenvalue weighted by atomic mass is 79.9. The van der Waals surface area contributed by atoms with Crippen LogP contribution >= 0.6 is 15.9 Å². The van der Waals surface area contributed by atoms with E-state index in [-0.39, 0.29) is 11.8 Å². The van der Waals surface area contributed by atoms with Crippen molar-refractivity contribution in [1.82, 2.24) is 9.80 Å². The molecule has 5 nitrogen and oxygen atoms in total. The molecule has 2 aliphatic rings. The van der Waals surface area contributed by atoms with Crippen LogP contribution in [0, 0.1) is 5.92 Å². The first kappa shape index (κ1) is 22.3. The molecule has 6 heteroatoms. The number of halogens is 1. The summed E-state index contributed by atoms with van der Waals surface area (Å²) >= 11 is 3.61. The number of nitrogens with one attached hydrogen (secondary N) is 1. The lowest BCUT2D eigenvalue weighted by Crippen LogP contribution is -2.42. The van der Waals surface area contributed by atoms with Gasteiger partial charge in [-0.1, -0.05) is 46.3 Å².